The molecule has 6 atom stereocenters. The average molecular weight is 608 g/mol. The molecule has 3 aliphatic carbocycles. The number of hydrogen-bond donors (Lipinski definition) is 1. The predicted octanol–water partition coefficient (Wildman–Crippen LogP) is 11.6. The maximum Gasteiger partial charge on any atom is 0.310 e. The summed E-state index contributed by atoms with van der Waals surface area (Å²) in [6.07, 6.45) is 16.1. The van der Waals surface area contributed by atoms with E-state index >= 15 is 0 Å². The number of aromatic nitrogens is 1. The van der Waals surface area contributed by atoms with Gasteiger partial charge in [0.15, 0.2) is 0 Å². The molecule has 1 aliphatic heterocycles. The number of hydrogen-bond acceptors (Lipinski definition) is 3. The lowest BCUT2D eigenvalue weighted by molar-refractivity contribution is -0.139. The third kappa shape index (κ3) is 4.07. The first kappa shape index (κ1) is 29.1. The predicted molar refractivity (Wildman–Crippen MR) is 186 cm³/mol. The smallest absolute Gasteiger partial charge is 0.310 e. The molecule has 8 rings (SSSR count). The van der Waals surface area contributed by atoms with Gasteiger partial charge in [-0.05, 0) is 126 Å². The van der Waals surface area contributed by atoms with E-state index in [1.165, 1.54) is 95.2 Å². The van der Waals surface area contributed by atoms with Crippen LogP contribution in [0.1, 0.15) is 172 Å². The number of carboxylic acid groups (broad SMARTS) is 1. The molecule has 4 aliphatic rings. The summed E-state index contributed by atoms with van der Waals surface area (Å²) in [6.45, 7) is 9.38. The number of aryl methyl sites for hydroxylation is 2. The van der Waals surface area contributed by atoms with Crippen molar-refractivity contribution in [3.63, 3.8) is 0 Å². The number of nitrogens with zero attached hydrogens (tertiary/aromatic N) is 1. The van der Waals surface area contributed by atoms with Gasteiger partial charge in [-0.15, -0.1) is 11.8 Å². The van der Waals surface area contributed by atoms with Gasteiger partial charge in [0.1, 0.15) is 0 Å². The number of carboxylic acids is 1. The summed E-state index contributed by atoms with van der Waals surface area (Å²) in [4.78, 5) is 18.4. The highest BCUT2D eigenvalue weighted by Gasteiger charge is 2.46. The quantitative estimate of drug-likeness (QED) is 0.172. The molecule has 0 radical (unpaired) electrons. The minimum atomic E-state index is -0.649. The lowest BCUT2D eigenvalue weighted by atomic mass is 9.62. The summed E-state index contributed by atoms with van der Waals surface area (Å²) < 4.78 is 0. The van der Waals surface area contributed by atoms with Gasteiger partial charge < -0.3 is 5.11 Å². The standard InChI is InChI=1S/C40H49NO2S/c1-5-9-12-23-19-26-25(21(8-4)11-7-3)18-22-14-16-31-36-32(22)34(26)38-35-28(29(13-10-6-2)41-39(23)38)20-27-24(40(42)43)15-17-30(44-31)33(27)37(35)36/h19-22,24-25,30-31H,5-18H2,1-4H3,(H,42,43). The molecule has 232 valence electrons. The van der Waals surface area contributed by atoms with Crippen LogP contribution in [0.2, 0.25) is 0 Å². The first-order valence-corrected chi connectivity index (χ1v) is 19.1. The molecule has 0 fully saturated rings. The number of unbranched alkanes of at least 4 members (excludes halogenated alkanes) is 2. The highest BCUT2D eigenvalue weighted by Crippen LogP contribution is 2.66. The van der Waals surface area contributed by atoms with Crippen molar-refractivity contribution < 1.29 is 9.90 Å². The minimum absolute atomic E-state index is 0.401. The highest BCUT2D eigenvalue weighted by atomic mass is 32.2. The molecular weight excluding hydrogens is 559 g/mol. The summed E-state index contributed by atoms with van der Waals surface area (Å²) in [5.74, 6) is 0.922. The van der Waals surface area contributed by atoms with Crippen LogP contribution in [0.25, 0.3) is 32.4 Å². The minimum Gasteiger partial charge on any atom is -0.481 e. The number of aliphatic carboxylic acids is 1. The molecule has 2 heterocycles. The van der Waals surface area contributed by atoms with Crippen LogP contribution in [0, 0.1) is 5.92 Å². The SMILES string of the molecule is CCCCc1nc2c(CCCC)cc3c4c5c6c7c8c(cc1c7c24)C(C(=O)O)CCC8SC6CCC5CC3C(CC)CCC. The lowest BCUT2D eigenvalue weighted by Gasteiger charge is -2.47. The van der Waals surface area contributed by atoms with E-state index in [0.29, 0.717) is 22.3 Å². The van der Waals surface area contributed by atoms with Crippen LogP contribution in [0.4, 0.5) is 0 Å². The van der Waals surface area contributed by atoms with Crippen LogP contribution in [-0.4, -0.2) is 16.1 Å². The van der Waals surface area contributed by atoms with Gasteiger partial charge in [-0.25, -0.2) is 0 Å². The molecular formula is C40H49NO2S. The Bertz CT molecular complexity index is 1770. The molecule has 4 aromatic rings. The van der Waals surface area contributed by atoms with Gasteiger partial charge in [0.25, 0.3) is 0 Å². The molecule has 6 unspecified atom stereocenters. The summed E-state index contributed by atoms with van der Waals surface area (Å²) in [6, 6.07) is 5.01. The van der Waals surface area contributed by atoms with Crippen molar-refractivity contribution in [2.75, 3.05) is 0 Å². The Morgan fingerprint density at radius 2 is 1.64 bits per heavy atom. The Morgan fingerprint density at radius 3 is 2.39 bits per heavy atom. The summed E-state index contributed by atoms with van der Waals surface area (Å²) in [7, 11) is 0. The van der Waals surface area contributed by atoms with Crippen LogP contribution in [0.15, 0.2) is 12.1 Å². The number of carbonyl (C=O) groups is 1. The van der Waals surface area contributed by atoms with Crippen molar-refractivity contribution >= 4 is 50.2 Å². The maximum absolute atomic E-state index is 12.7. The van der Waals surface area contributed by atoms with E-state index < -0.39 is 11.9 Å². The summed E-state index contributed by atoms with van der Waals surface area (Å²) in [5, 5.41) is 18.7. The number of pyridine rings is 1. The Hall–Kier alpha value is -2.33. The number of rotatable bonds is 11. The van der Waals surface area contributed by atoms with Crippen molar-refractivity contribution in [3.8, 4) is 0 Å². The van der Waals surface area contributed by atoms with Crippen molar-refractivity contribution in [1.29, 1.82) is 0 Å². The molecule has 0 saturated carbocycles. The van der Waals surface area contributed by atoms with Crippen molar-refractivity contribution in [2.24, 2.45) is 5.92 Å². The van der Waals surface area contributed by atoms with E-state index in [2.05, 4.69) is 51.6 Å². The van der Waals surface area contributed by atoms with Gasteiger partial charge in [-0.2, -0.15) is 0 Å². The first-order chi connectivity index (χ1) is 21.5. The lowest BCUT2D eigenvalue weighted by Crippen LogP contribution is -2.29. The van der Waals surface area contributed by atoms with Crippen molar-refractivity contribution in [3.05, 3.63) is 51.2 Å². The van der Waals surface area contributed by atoms with Crippen molar-refractivity contribution in [2.45, 2.75) is 146 Å². The van der Waals surface area contributed by atoms with E-state index in [1.807, 2.05) is 0 Å². The van der Waals surface area contributed by atoms with Gasteiger partial charge in [0.05, 0.1) is 11.4 Å². The van der Waals surface area contributed by atoms with Crippen LogP contribution in [0.3, 0.4) is 0 Å². The van der Waals surface area contributed by atoms with E-state index in [0.717, 1.165) is 50.0 Å². The molecule has 44 heavy (non-hydrogen) atoms. The van der Waals surface area contributed by atoms with Gasteiger partial charge in [-0.1, -0.05) is 65.9 Å². The second-order valence-electron chi connectivity index (χ2n) is 14.6. The zero-order chi connectivity index (χ0) is 30.3. The molecule has 3 aromatic carbocycles. The average Bonchev–Trinajstić information content (AvgIpc) is 3.04. The largest absolute Gasteiger partial charge is 0.481 e. The molecule has 0 amide bonds. The fourth-order valence-corrected chi connectivity index (χ4v) is 12.0. The normalized spacial score (nSPS) is 25.9. The number of thioether (sulfide) groups is 1. The molecule has 1 N–H and O–H groups in total. The van der Waals surface area contributed by atoms with E-state index in [-0.39, 0.29) is 0 Å². The van der Waals surface area contributed by atoms with Crippen LogP contribution < -0.4 is 0 Å². The van der Waals surface area contributed by atoms with E-state index in [1.54, 1.807) is 22.1 Å². The molecule has 0 bridgehead atoms. The molecule has 1 aromatic heterocycles. The Labute approximate surface area is 267 Å². The topological polar surface area (TPSA) is 50.2 Å². The zero-order valence-corrected chi connectivity index (χ0v) is 28.0. The van der Waals surface area contributed by atoms with E-state index in [9.17, 15) is 9.90 Å². The third-order valence-electron chi connectivity index (χ3n) is 12.3. The Morgan fingerprint density at radius 1 is 0.864 bits per heavy atom. The van der Waals surface area contributed by atoms with E-state index in [4.69, 9.17) is 4.98 Å². The molecule has 0 spiro atoms. The first-order valence-electron chi connectivity index (χ1n) is 18.1. The molecule has 0 saturated heterocycles. The fraction of sp³-hybridized carbons (Fsp3) is 0.600. The van der Waals surface area contributed by atoms with Gasteiger partial charge in [0.2, 0.25) is 0 Å². The Balaban J connectivity index is 1.57. The molecule has 4 heteroatoms. The highest BCUT2D eigenvalue weighted by molar-refractivity contribution is 7.99. The second kappa shape index (κ2) is 11.2. The maximum atomic E-state index is 12.7. The fourth-order valence-electron chi connectivity index (χ4n) is 10.3. The van der Waals surface area contributed by atoms with Crippen LogP contribution in [0.5, 0.6) is 0 Å². The third-order valence-corrected chi connectivity index (χ3v) is 13.9. The summed E-state index contributed by atoms with van der Waals surface area (Å²) >= 11 is 2.19. The second-order valence-corrected chi connectivity index (χ2v) is 16.1. The molecule has 3 nitrogen and oxygen atoms in total. The summed E-state index contributed by atoms with van der Waals surface area (Å²) in [5.41, 5.74) is 11.4. The van der Waals surface area contributed by atoms with Gasteiger partial charge in [-0.3, -0.25) is 9.78 Å². The van der Waals surface area contributed by atoms with Crippen LogP contribution in [-0.2, 0) is 17.6 Å². The van der Waals surface area contributed by atoms with Crippen molar-refractivity contribution in [1.82, 2.24) is 4.98 Å². The zero-order valence-electron chi connectivity index (χ0n) is 27.2. The van der Waals surface area contributed by atoms with Crippen LogP contribution >= 0.6 is 11.8 Å². The van der Waals surface area contributed by atoms with Gasteiger partial charge in [0, 0.05) is 32.4 Å². The monoisotopic (exact) mass is 607 g/mol. The Kier molecular flexibility index (Phi) is 7.39. The number of benzene rings is 3. The van der Waals surface area contributed by atoms with Gasteiger partial charge >= 0.3 is 5.97 Å².